The Morgan fingerprint density at radius 2 is 2.00 bits per heavy atom. The van der Waals surface area contributed by atoms with Gasteiger partial charge < -0.3 is 9.15 Å². The molecular formula is C13H13NO5. The highest BCUT2D eigenvalue weighted by Crippen LogP contribution is 2.07. The molecule has 0 saturated heterocycles. The van der Waals surface area contributed by atoms with Crippen molar-refractivity contribution in [1.82, 2.24) is 4.57 Å². The van der Waals surface area contributed by atoms with Crippen LogP contribution in [0.4, 0.5) is 0 Å². The third-order valence-electron chi connectivity index (χ3n) is 2.47. The Balaban J connectivity index is 2.52. The SMILES string of the molecule is CC(C)OC(=O)Cn1c(=O)oc(=O)c2ccccc21. The molecule has 19 heavy (non-hydrogen) atoms. The van der Waals surface area contributed by atoms with Crippen molar-refractivity contribution >= 4 is 16.9 Å². The average molecular weight is 263 g/mol. The minimum atomic E-state index is -0.871. The fourth-order valence-corrected chi connectivity index (χ4v) is 1.75. The van der Waals surface area contributed by atoms with E-state index in [-0.39, 0.29) is 18.0 Å². The van der Waals surface area contributed by atoms with Crippen LogP contribution >= 0.6 is 0 Å². The zero-order valence-corrected chi connectivity index (χ0v) is 10.6. The number of esters is 1. The van der Waals surface area contributed by atoms with Crippen LogP contribution in [0.3, 0.4) is 0 Å². The first-order valence-electron chi connectivity index (χ1n) is 5.81. The van der Waals surface area contributed by atoms with E-state index in [2.05, 4.69) is 4.42 Å². The fraction of sp³-hybridized carbons (Fsp3) is 0.308. The summed E-state index contributed by atoms with van der Waals surface area (Å²) in [4.78, 5) is 34.8. The normalized spacial score (nSPS) is 10.9. The monoisotopic (exact) mass is 263 g/mol. The molecule has 0 unspecified atom stereocenters. The number of benzene rings is 1. The number of hydrogen-bond donors (Lipinski definition) is 0. The maximum Gasteiger partial charge on any atom is 0.422 e. The summed E-state index contributed by atoms with van der Waals surface area (Å²) in [5, 5.41) is 0.249. The van der Waals surface area contributed by atoms with E-state index in [0.717, 1.165) is 4.57 Å². The number of aromatic nitrogens is 1. The summed E-state index contributed by atoms with van der Waals surface area (Å²) in [7, 11) is 0. The van der Waals surface area contributed by atoms with Gasteiger partial charge in [-0.1, -0.05) is 12.1 Å². The van der Waals surface area contributed by atoms with E-state index < -0.39 is 17.4 Å². The molecule has 6 heteroatoms. The second-order valence-electron chi connectivity index (χ2n) is 4.30. The van der Waals surface area contributed by atoms with Gasteiger partial charge in [-0.25, -0.2) is 9.59 Å². The van der Waals surface area contributed by atoms with E-state index in [1.807, 2.05) is 0 Å². The van der Waals surface area contributed by atoms with E-state index in [4.69, 9.17) is 4.74 Å². The molecule has 0 aliphatic rings. The highest BCUT2D eigenvalue weighted by Gasteiger charge is 2.13. The van der Waals surface area contributed by atoms with Crippen molar-refractivity contribution in [2.45, 2.75) is 26.5 Å². The molecule has 1 aromatic heterocycles. The largest absolute Gasteiger partial charge is 0.462 e. The fourth-order valence-electron chi connectivity index (χ4n) is 1.75. The number of rotatable bonds is 3. The summed E-state index contributed by atoms with van der Waals surface area (Å²) in [6.45, 7) is 3.13. The predicted molar refractivity (Wildman–Crippen MR) is 68.0 cm³/mol. The number of nitrogens with zero attached hydrogens (tertiary/aromatic N) is 1. The van der Waals surface area contributed by atoms with Gasteiger partial charge in [-0.05, 0) is 26.0 Å². The number of carbonyl (C=O) groups excluding carboxylic acids is 1. The summed E-state index contributed by atoms with van der Waals surface area (Å²) in [6, 6.07) is 6.44. The minimum Gasteiger partial charge on any atom is -0.462 e. The van der Waals surface area contributed by atoms with E-state index >= 15 is 0 Å². The van der Waals surface area contributed by atoms with E-state index in [1.165, 1.54) is 6.07 Å². The number of hydrogen-bond acceptors (Lipinski definition) is 5. The third-order valence-corrected chi connectivity index (χ3v) is 2.47. The molecule has 2 aromatic rings. The van der Waals surface area contributed by atoms with Crippen LogP contribution in [0.25, 0.3) is 10.9 Å². The van der Waals surface area contributed by atoms with E-state index in [0.29, 0.717) is 5.52 Å². The number of fused-ring (bicyclic) bond motifs is 1. The second kappa shape index (κ2) is 5.09. The number of para-hydroxylation sites is 1. The average Bonchev–Trinajstić information content (AvgIpc) is 2.33. The van der Waals surface area contributed by atoms with Crippen molar-refractivity contribution in [3.63, 3.8) is 0 Å². The predicted octanol–water partition coefficient (Wildman–Crippen LogP) is 0.906. The highest BCUT2D eigenvalue weighted by atomic mass is 16.5. The maximum atomic E-state index is 11.7. The molecule has 0 spiro atoms. The lowest BCUT2D eigenvalue weighted by Crippen LogP contribution is -2.29. The molecule has 1 heterocycles. The zero-order valence-electron chi connectivity index (χ0n) is 10.6. The summed E-state index contributed by atoms with van der Waals surface area (Å²) in [6.07, 6.45) is -0.273. The van der Waals surface area contributed by atoms with Crippen molar-refractivity contribution in [3.05, 3.63) is 45.2 Å². The molecule has 0 amide bonds. The molecule has 0 fully saturated rings. The van der Waals surface area contributed by atoms with Gasteiger partial charge in [0.15, 0.2) is 0 Å². The van der Waals surface area contributed by atoms with Gasteiger partial charge in [0.25, 0.3) is 0 Å². The van der Waals surface area contributed by atoms with Crippen molar-refractivity contribution < 1.29 is 13.9 Å². The quantitative estimate of drug-likeness (QED) is 0.769. The second-order valence-corrected chi connectivity index (χ2v) is 4.30. The van der Waals surface area contributed by atoms with Gasteiger partial charge in [0.05, 0.1) is 17.0 Å². The first kappa shape index (κ1) is 13.1. The van der Waals surface area contributed by atoms with E-state index in [9.17, 15) is 14.4 Å². The third kappa shape index (κ3) is 2.73. The first-order valence-corrected chi connectivity index (χ1v) is 5.81. The van der Waals surface area contributed by atoms with Crippen LogP contribution in [0.5, 0.6) is 0 Å². The topological polar surface area (TPSA) is 78.5 Å². The van der Waals surface area contributed by atoms with Gasteiger partial charge in [0.1, 0.15) is 6.54 Å². The molecule has 0 bridgehead atoms. The molecular weight excluding hydrogens is 250 g/mol. The highest BCUT2D eigenvalue weighted by molar-refractivity contribution is 5.79. The van der Waals surface area contributed by atoms with Gasteiger partial charge in [-0.3, -0.25) is 9.36 Å². The molecule has 0 aliphatic heterocycles. The van der Waals surface area contributed by atoms with Crippen LogP contribution in [-0.2, 0) is 16.1 Å². The Bertz CT molecular complexity index is 726. The summed E-state index contributed by atoms with van der Waals surface area (Å²) in [5.41, 5.74) is -0.362. The van der Waals surface area contributed by atoms with Crippen molar-refractivity contribution in [2.24, 2.45) is 0 Å². The zero-order chi connectivity index (χ0) is 14.0. The molecule has 6 nitrogen and oxygen atoms in total. The first-order chi connectivity index (χ1) is 8.99. The van der Waals surface area contributed by atoms with Crippen LogP contribution in [0.15, 0.2) is 38.3 Å². The molecule has 0 saturated carbocycles. The lowest BCUT2D eigenvalue weighted by Gasteiger charge is -2.10. The number of carbonyl (C=O) groups is 1. The minimum absolute atomic E-state index is 0.249. The van der Waals surface area contributed by atoms with Crippen LogP contribution in [0, 0.1) is 0 Å². The van der Waals surface area contributed by atoms with E-state index in [1.54, 1.807) is 32.0 Å². The van der Waals surface area contributed by atoms with Gasteiger partial charge in [-0.2, -0.15) is 0 Å². The summed E-state index contributed by atoms with van der Waals surface area (Å²) < 4.78 is 10.6. The molecule has 100 valence electrons. The molecule has 0 atom stereocenters. The van der Waals surface area contributed by atoms with Crippen LogP contribution in [-0.4, -0.2) is 16.6 Å². The standard InChI is InChI=1S/C13H13NO5/c1-8(2)18-11(15)7-14-10-6-4-3-5-9(10)12(16)19-13(14)17/h3-6,8H,7H2,1-2H3. The molecule has 2 rings (SSSR count). The maximum absolute atomic E-state index is 11.7. The molecule has 0 aliphatic carbocycles. The van der Waals surface area contributed by atoms with Crippen molar-refractivity contribution in [2.75, 3.05) is 0 Å². The van der Waals surface area contributed by atoms with Gasteiger partial charge in [0, 0.05) is 0 Å². The Morgan fingerprint density at radius 1 is 1.32 bits per heavy atom. The number of ether oxygens (including phenoxy) is 1. The van der Waals surface area contributed by atoms with Crippen LogP contribution < -0.4 is 11.4 Å². The molecule has 1 aromatic carbocycles. The summed E-state index contributed by atoms with van der Waals surface area (Å²) >= 11 is 0. The van der Waals surface area contributed by atoms with Crippen LogP contribution in [0.1, 0.15) is 13.8 Å². The van der Waals surface area contributed by atoms with Crippen molar-refractivity contribution in [3.8, 4) is 0 Å². The lowest BCUT2D eigenvalue weighted by atomic mass is 10.2. The van der Waals surface area contributed by atoms with Gasteiger partial charge >= 0.3 is 17.4 Å². The van der Waals surface area contributed by atoms with Gasteiger partial charge in [0.2, 0.25) is 0 Å². The Morgan fingerprint density at radius 3 is 2.68 bits per heavy atom. The summed E-state index contributed by atoms with van der Waals surface area (Å²) in [5.74, 6) is -1.43. The smallest absolute Gasteiger partial charge is 0.422 e. The Labute approximate surface area is 108 Å². The molecule has 0 radical (unpaired) electrons. The van der Waals surface area contributed by atoms with Crippen LogP contribution in [0.2, 0.25) is 0 Å². The Kier molecular flexibility index (Phi) is 3.50. The molecule has 0 N–H and O–H groups in total. The Hall–Kier alpha value is -2.37. The van der Waals surface area contributed by atoms with Crippen molar-refractivity contribution in [1.29, 1.82) is 0 Å². The lowest BCUT2D eigenvalue weighted by molar-refractivity contribution is -0.148. The van der Waals surface area contributed by atoms with Gasteiger partial charge in [-0.15, -0.1) is 0 Å².